The lowest BCUT2D eigenvalue weighted by Gasteiger charge is -2.02. The van der Waals surface area contributed by atoms with E-state index in [0.29, 0.717) is 17.3 Å². The topological polar surface area (TPSA) is 84.6 Å². The van der Waals surface area contributed by atoms with Gasteiger partial charge in [-0.3, -0.25) is 0 Å². The van der Waals surface area contributed by atoms with Gasteiger partial charge in [-0.1, -0.05) is 35.9 Å². The van der Waals surface area contributed by atoms with Crippen LogP contribution in [0.15, 0.2) is 53.2 Å². The lowest BCUT2D eigenvalue weighted by Crippen LogP contribution is -2.35. The average Bonchev–Trinajstić information content (AvgIpc) is 3.11. The van der Waals surface area contributed by atoms with Gasteiger partial charge in [0, 0.05) is 5.02 Å². The van der Waals surface area contributed by atoms with Gasteiger partial charge in [0.25, 0.3) is 0 Å². The Labute approximate surface area is 136 Å². The molecule has 0 aliphatic rings. The Morgan fingerprint density at radius 1 is 1.13 bits per heavy atom. The van der Waals surface area contributed by atoms with Crippen LogP contribution in [0.3, 0.4) is 0 Å². The highest BCUT2D eigenvalue weighted by Gasteiger charge is 2.25. The molecular formula is C16H13ClN5O+. The number of anilines is 1. The van der Waals surface area contributed by atoms with Crippen LogP contribution in [-0.2, 0) is 6.54 Å². The fourth-order valence-corrected chi connectivity index (χ4v) is 2.87. The predicted molar refractivity (Wildman–Crippen MR) is 86.8 cm³/mol. The van der Waals surface area contributed by atoms with Crippen molar-refractivity contribution in [3.63, 3.8) is 0 Å². The number of H-pyrrole nitrogens is 1. The molecule has 0 spiro atoms. The van der Waals surface area contributed by atoms with Crippen molar-refractivity contribution in [1.82, 2.24) is 15.3 Å². The fourth-order valence-electron chi connectivity index (χ4n) is 2.66. The van der Waals surface area contributed by atoms with Gasteiger partial charge < -0.3 is 5.73 Å². The number of nitrogens with two attached hydrogens (primary N) is 1. The molecule has 0 saturated heterocycles. The molecule has 0 aliphatic carbocycles. The van der Waals surface area contributed by atoms with Gasteiger partial charge in [0.15, 0.2) is 11.0 Å². The minimum atomic E-state index is 0.247. The van der Waals surface area contributed by atoms with Gasteiger partial charge in [-0.15, -0.1) is 0 Å². The number of nitrogen functional groups attached to an aromatic ring is 1. The van der Waals surface area contributed by atoms with Crippen LogP contribution in [0.4, 0.5) is 5.82 Å². The molecule has 114 valence electrons. The lowest BCUT2D eigenvalue weighted by atomic mass is 10.2. The van der Waals surface area contributed by atoms with E-state index in [9.17, 15) is 0 Å². The molecule has 3 N–H and O–H groups in total. The average molecular weight is 327 g/mol. The first kappa shape index (κ1) is 13.8. The molecule has 6 nitrogen and oxygen atoms in total. The number of nitrogens with zero attached hydrogens (tertiary/aromatic N) is 3. The molecule has 2 heterocycles. The number of aromatic nitrogens is 4. The lowest BCUT2D eigenvalue weighted by molar-refractivity contribution is -0.651. The van der Waals surface area contributed by atoms with E-state index in [1.54, 1.807) is 0 Å². The number of imidazole rings is 1. The van der Waals surface area contributed by atoms with Gasteiger partial charge in [-0.25, -0.2) is 14.2 Å². The summed E-state index contributed by atoms with van der Waals surface area (Å²) in [5.74, 6) is 0.987. The second kappa shape index (κ2) is 5.40. The highest BCUT2D eigenvalue weighted by molar-refractivity contribution is 6.30. The highest BCUT2D eigenvalue weighted by Crippen LogP contribution is 2.22. The molecule has 0 fully saturated rings. The maximum absolute atomic E-state index is 6.09. The molecule has 7 heteroatoms. The summed E-state index contributed by atoms with van der Waals surface area (Å²) < 4.78 is 6.82. The summed E-state index contributed by atoms with van der Waals surface area (Å²) in [6, 6.07) is 15.7. The normalized spacial score (nSPS) is 11.2. The van der Waals surface area contributed by atoms with E-state index >= 15 is 0 Å². The van der Waals surface area contributed by atoms with Crippen LogP contribution in [0, 0.1) is 0 Å². The number of halogens is 1. The van der Waals surface area contributed by atoms with Crippen molar-refractivity contribution in [2.75, 3.05) is 5.73 Å². The number of benzene rings is 2. The Hall–Kier alpha value is -2.86. The van der Waals surface area contributed by atoms with Gasteiger partial charge in [0.2, 0.25) is 11.5 Å². The maximum Gasteiger partial charge on any atom is 0.314 e. The summed E-state index contributed by atoms with van der Waals surface area (Å²) in [4.78, 5) is 3.33. The second-order valence-electron chi connectivity index (χ2n) is 5.20. The summed E-state index contributed by atoms with van der Waals surface area (Å²) in [6.07, 6.45) is 0. The number of hydrogen-bond donors (Lipinski definition) is 2. The minimum Gasteiger partial charge on any atom is -0.379 e. The summed E-state index contributed by atoms with van der Waals surface area (Å²) in [5, 5.41) is 8.28. The van der Waals surface area contributed by atoms with E-state index < -0.39 is 0 Å². The zero-order valence-corrected chi connectivity index (χ0v) is 12.8. The third-order valence-corrected chi connectivity index (χ3v) is 3.92. The maximum atomic E-state index is 6.09. The largest absolute Gasteiger partial charge is 0.379 e. The molecule has 4 aromatic rings. The van der Waals surface area contributed by atoms with E-state index in [1.807, 2.05) is 48.5 Å². The van der Waals surface area contributed by atoms with Crippen LogP contribution >= 0.6 is 11.6 Å². The molecule has 0 atom stereocenters. The molecule has 0 amide bonds. The van der Waals surface area contributed by atoms with Crippen LogP contribution in [-0.4, -0.2) is 15.3 Å². The molecule has 0 saturated carbocycles. The van der Waals surface area contributed by atoms with E-state index in [2.05, 4.69) is 19.9 Å². The SMILES string of the molecule is Nc1nonc1-c1[nH]c2ccccc2[n+]1Cc1cccc(Cl)c1. The number of hydrogen-bond acceptors (Lipinski definition) is 4. The fraction of sp³-hybridized carbons (Fsp3) is 0.0625. The molecule has 23 heavy (non-hydrogen) atoms. The van der Waals surface area contributed by atoms with Crippen LogP contribution in [0.5, 0.6) is 0 Å². The Morgan fingerprint density at radius 3 is 2.78 bits per heavy atom. The van der Waals surface area contributed by atoms with Gasteiger partial charge in [0.1, 0.15) is 6.54 Å². The monoisotopic (exact) mass is 326 g/mol. The first-order valence-electron chi connectivity index (χ1n) is 7.06. The highest BCUT2D eigenvalue weighted by atomic mass is 35.5. The first-order chi connectivity index (χ1) is 11.2. The summed E-state index contributed by atoms with van der Waals surface area (Å²) in [5.41, 5.74) is 9.43. The Morgan fingerprint density at radius 2 is 2.00 bits per heavy atom. The molecular weight excluding hydrogens is 314 g/mol. The summed E-state index contributed by atoms with van der Waals surface area (Å²) >= 11 is 6.09. The van der Waals surface area contributed by atoms with Crippen LogP contribution < -0.4 is 10.3 Å². The van der Waals surface area contributed by atoms with Crippen molar-refractivity contribution >= 4 is 28.5 Å². The van der Waals surface area contributed by atoms with E-state index in [-0.39, 0.29) is 5.82 Å². The third kappa shape index (κ3) is 2.43. The zero-order chi connectivity index (χ0) is 15.8. The van der Waals surface area contributed by atoms with Gasteiger partial charge >= 0.3 is 5.82 Å². The Bertz CT molecular complexity index is 991. The minimum absolute atomic E-state index is 0.247. The first-order valence-corrected chi connectivity index (χ1v) is 7.43. The van der Waals surface area contributed by atoms with Crippen molar-refractivity contribution in [3.8, 4) is 11.5 Å². The number of rotatable bonds is 3. The van der Waals surface area contributed by atoms with Gasteiger partial charge in [-0.05, 0) is 40.1 Å². The van der Waals surface area contributed by atoms with Crippen LogP contribution in [0.1, 0.15) is 5.56 Å². The molecule has 0 radical (unpaired) electrons. The van der Waals surface area contributed by atoms with Crippen molar-refractivity contribution in [2.45, 2.75) is 6.54 Å². The van der Waals surface area contributed by atoms with E-state index in [1.165, 1.54) is 0 Å². The number of nitrogens with one attached hydrogen (secondary N) is 1. The molecule has 0 unspecified atom stereocenters. The van der Waals surface area contributed by atoms with Crippen molar-refractivity contribution in [1.29, 1.82) is 0 Å². The Kier molecular flexibility index (Phi) is 3.24. The Balaban J connectivity index is 1.91. The summed E-state index contributed by atoms with van der Waals surface area (Å²) in [6.45, 7) is 0.617. The van der Waals surface area contributed by atoms with E-state index in [0.717, 1.165) is 22.4 Å². The molecule has 2 aromatic carbocycles. The third-order valence-electron chi connectivity index (χ3n) is 3.69. The van der Waals surface area contributed by atoms with Gasteiger partial charge in [-0.2, -0.15) is 0 Å². The second-order valence-corrected chi connectivity index (χ2v) is 5.64. The standard InChI is InChI=1S/C16H12ClN5O/c17-11-5-3-4-10(8-11)9-22-13-7-2-1-6-12(13)19-16(22)14-15(18)21-23-20-14/h1-8H,9H2,(H2,18,21)/p+1. The van der Waals surface area contributed by atoms with Crippen molar-refractivity contribution in [2.24, 2.45) is 0 Å². The number of fused-ring (bicyclic) bond motifs is 1. The zero-order valence-electron chi connectivity index (χ0n) is 12.0. The molecule has 0 aliphatic heterocycles. The number of para-hydroxylation sites is 2. The quantitative estimate of drug-likeness (QED) is 0.567. The predicted octanol–water partition coefficient (Wildman–Crippen LogP) is 2.79. The summed E-state index contributed by atoms with van der Waals surface area (Å²) in [7, 11) is 0. The van der Waals surface area contributed by atoms with Crippen molar-refractivity contribution < 1.29 is 9.20 Å². The number of aromatic amines is 1. The smallest absolute Gasteiger partial charge is 0.314 e. The van der Waals surface area contributed by atoms with Crippen LogP contribution in [0.25, 0.3) is 22.6 Å². The molecule has 0 bridgehead atoms. The van der Waals surface area contributed by atoms with E-state index in [4.69, 9.17) is 22.0 Å². The van der Waals surface area contributed by atoms with Crippen LogP contribution in [0.2, 0.25) is 5.02 Å². The molecule has 4 rings (SSSR count). The van der Waals surface area contributed by atoms with Gasteiger partial charge in [0.05, 0.1) is 0 Å². The van der Waals surface area contributed by atoms with Crippen molar-refractivity contribution in [3.05, 3.63) is 59.1 Å². The molecule has 2 aromatic heterocycles.